The molecule has 0 atom stereocenters. The van der Waals surface area contributed by atoms with Gasteiger partial charge in [0.05, 0.1) is 23.0 Å². The number of pyridine rings is 1. The van der Waals surface area contributed by atoms with Crippen molar-refractivity contribution >= 4 is 11.5 Å². The summed E-state index contributed by atoms with van der Waals surface area (Å²) < 4.78 is 5.90. The van der Waals surface area contributed by atoms with E-state index in [1.165, 1.54) is 0 Å². The van der Waals surface area contributed by atoms with Crippen LogP contribution in [0.3, 0.4) is 0 Å². The van der Waals surface area contributed by atoms with E-state index in [0.29, 0.717) is 17.3 Å². The molecule has 0 bridgehead atoms. The number of nitrogens with one attached hydrogen (secondary N) is 1. The molecule has 35 heavy (non-hydrogen) atoms. The average Bonchev–Trinajstić information content (AvgIpc) is 3.35. The highest BCUT2D eigenvalue weighted by Crippen LogP contribution is 2.29. The second-order valence-electron chi connectivity index (χ2n) is 8.91. The quantitative estimate of drug-likeness (QED) is 0.373. The van der Waals surface area contributed by atoms with Gasteiger partial charge >= 0.3 is 0 Å². The van der Waals surface area contributed by atoms with E-state index in [-0.39, 0.29) is 11.7 Å². The summed E-state index contributed by atoms with van der Waals surface area (Å²) in [5.41, 5.74) is 9.88. The number of anilines is 2. The Hall–Kier alpha value is -4.29. The highest BCUT2D eigenvalue weighted by Gasteiger charge is 2.21. The van der Waals surface area contributed by atoms with Crippen molar-refractivity contribution in [2.24, 2.45) is 0 Å². The molecule has 0 aliphatic rings. The third kappa shape index (κ3) is 5.45. The molecule has 0 aliphatic heterocycles. The molecule has 0 amide bonds. The molecule has 0 saturated carbocycles. The summed E-state index contributed by atoms with van der Waals surface area (Å²) >= 11 is 0. The molecule has 0 aliphatic carbocycles. The lowest BCUT2D eigenvalue weighted by atomic mass is 9.89. The minimum Gasteiger partial charge on any atom is -0.414 e. The molecule has 4 rings (SSSR count). The van der Waals surface area contributed by atoms with E-state index in [9.17, 15) is 0 Å². The topological polar surface area (TPSA) is 119 Å². The van der Waals surface area contributed by atoms with Gasteiger partial charge in [-0.25, -0.2) is 9.97 Å². The molecule has 9 heteroatoms. The SMILES string of the molecule is C#CC(C)(C)c1cc(-c2cnc(N)c(-c3nnc(-c4ccc(NCCN(C)C)cc4)o3)n2)ccn1. The number of terminal acetylenes is 1. The van der Waals surface area contributed by atoms with Gasteiger partial charge in [-0.1, -0.05) is 5.92 Å². The minimum atomic E-state index is -0.515. The molecule has 0 saturated heterocycles. The third-order valence-electron chi connectivity index (χ3n) is 5.51. The maximum absolute atomic E-state index is 6.10. The predicted molar refractivity (Wildman–Crippen MR) is 137 cm³/mol. The molecular formula is C26H28N8O. The van der Waals surface area contributed by atoms with Gasteiger partial charge in [-0.2, -0.15) is 0 Å². The van der Waals surface area contributed by atoms with Gasteiger partial charge < -0.3 is 20.4 Å². The van der Waals surface area contributed by atoms with Crippen LogP contribution in [0.5, 0.6) is 0 Å². The molecule has 4 aromatic rings. The summed E-state index contributed by atoms with van der Waals surface area (Å²) in [4.78, 5) is 15.5. The van der Waals surface area contributed by atoms with Crippen molar-refractivity contribution < 1.29 is 4.42 Å². The maximum atomic E-state index is 6.10. The molecule has 3 N–H and O–H groups in total. The van der Waals surface area contributed by atoms with Crippen LogP contribution >= 0.6 is 0 Å². The third-order valence-corrected chi connectivity index (χ3v) is 5.51. The molecular weight excluding hydrogens is 440 g/mol. The van der Waals surface area contributed by atoms with Crippen molar-refractivity contribution in [2.75, 3.05) is 38.2 Å². The summed E-state index contributed by atoms with van der Waals surface area (Å²) in [5, 5.41) is 11.7. The van der Waals surface area contributed by atoms with Crippen molar-refractivity contribution in [3.05, 3.63) is 54.5 Å². The second kappa shape index (κ2) is 9.91. The van der Waals surface area contributed by atoms with Crippen molar-refractivity contribution in [1.82, 2.24) is 30.0 Å². The monoisotopic (exact) mass is 468 g/mol. The number of rotatable bonds is 8. The Balaban J connectivity index is 1.58. The van der Waals surface area contributed by atoms with E-state index in [1.54, 1.807) is 12.4 Å². The van der Waals surface area contributed by atoms with Crippen LogP contribution in [0.4, 0.5) is 11.5 Å². The molecule has 0 spiro atoms. The minimum absolute atomic E-state index is 0.193. The van der Waals surface area contributed by atoms with Gasteiger partial charge in [-0.15, -0.1) is 16.6 Å². The van der Waals surface area contributed by atoms with Crippen LogP contribution in [0.15, 0.2) is 53.2 Å². The lowest BCUT2D eigenvalue weighted by molar-refractivity contribution is 0.425. The van der Waals surface area contributed by atoms with Crippen molar-refractivity contribution in [3.8, 4) is 46.6 Å². The molecule has 178 valence electrons. The normalized spacial score (nSPS) is 11.4. The van der Waals surface area contributed by atoms with Gasteiger partial charge in [-0.05, 0) is 64.3 Å². The van der Waals surface area contributed by atoms with Crippen LogP contribution in [-0.4, -0.2) is 57.2 Å². The maximum Gasteiger partial charge on any atom is 0.270 e. The first kappa shape index (κ1) is 23.9. The number of nitrogens with two attached hydrogens (primary N) is 1. The van der Waals surface area contributed by atoms with Crippen LogP contribution in [-0.2, 0) is 5.41 Å². The Morgan fingerprint density at radius 1 is 1.06 bits per heavy atom. The van der Waals surface area contributed by atoms with Crippen LogP contribution in [0.25, 0.3) is 34.3 Å². The molecule has 1 aromatic carbocycles. The number of nitrogen functional groups attached to an aromatic ring is 1. The number of benzene rings is 1. The van der Waals surface area contributed by atoms with Gasteiger partial charge in [0.1, 0.15) is 0 Å². The summed E-state index contributed by atoms with van der Waals surface area (Å²) in [6.07, 6.45) is 8.97. The van der Waals surface area contributed by atoms with E-state index in [4.69, 9.17) is 16.6 Å². The van der Waals surface area contributed by atoms with Crippen molar-refractivity contribution in [3.63, 3.8) is 0 Å². The molecule has 9 nitrogen and oxygen atoms in total. The second-order valence-corrected chi connectivity index (χ2v) is 8.91. The van der Waals surface area contributed by atoms with Crippen molar-refractivity contribution in [1.29, 1.82) is 0 Å². The van der Waals surface area contributed by atoms with Crippen molar-refractivity contribution in [2.45, 2.75) is 19.3 Å². The zero-order valence-corrected chi connectivity index (χ0v) is 20.3. The van der Waals surface area contributed by atoms with Gasteiger partial charge in [0.2, 0.25) is 5.89 Å². The van der Waals surface area contributed by atoms with E-state index in [0.717, 1.165) is 35.6 Å². The fourth-order valence-electron chi connectivity index (χ4n) is 3.29. The van der Waals surface area contributed by atoms with E-state index < -0.39 is 5.41 Å². The van der Waals surface area contributed by atoms with Crippen LogP contribution < -0.4 is 11.1 Å². The largest absolute Gasteiger partial charge is 0.414 e. The summed E-state index contributed by atoms with van der Waals surface area (Å²) in [6.45, 7) is 5.67. The number of hydrogen-bond donors (Lipinski definition) is 2. The highest BCUT2D eigenvalue weighted by molar-refractivity contribution is 5.69. The summed E-state index contributed by atoms with van der Waals surface area (Å²) in [5.74, 6) is 3.52. The number of hydrogen-bond acceptors (Lipinski definition) is 9. The fraction of sp³-hybridized carbons (Fsp3) is 0.269. The first-order chi connectivity index (χ1) is 16.8. The Bertz CT molecular complexity index is 1350. The molecule has 0 fully saturated rings. The standard InChI is InChI=1S/C26H28N8O/c1-6-26(2,3)21-15-18(11-12-29-21)20-16-30-23(27)22(31-20)25-33-32-24(35-25)17-7-9-19(10-8-17)28-13-14-34(4)5/h1,7-12,15-16,28H,13-14H2,2-5H3,(H2,27,30). The van der Waals surface area contributed by atoms with Crippen LogP contribution in [0.1, 0.15) is 19.5 Å². The van der Waals surface area contributed by atoms with Gasteiger partial charge in [0, 0.05) is 36.1 Å². The Morgan fingerprint density at radius 2 is 1.80 bits per heavy atom. The number of likely N-dealkylation sites (N-methyl/N-ethyl adjacent to an activating group) is 1. The number of nitrogens with zero attached hydrogens (tertiary/aromatic N) is 6. The lowest BCUT2D eigenvalue weighted by Crippen LogP contribution is -2.20. The van der Waals surface area contributed by atoms with Gasteiger partial charge in [0.15, 0.2) is 11.5 Å². The molecule has 0 radical (unpaired) electrons. The first-order valence-corrected chi connectivity index (χ1v) is 11.2. The molecule has 0 unspecified atom stereocenters. The van der Waals surface area contributed by atoms with Gasteiger partial charge in [0.25, 0.3) is 5.89 Å². The smallest absolute Gasteiger partial charge is 0.270 e. The summed E-state index contributed by atoms with van der Waals surface area (Å²) in [7, 11) is 4.08. The van der Waals surface area contributed by atoms with Crippen LogP contribution in [0, 0.1) is 12.3 Å². The van der Waals surface area contributed by atoms with E-state index >= 15 is 0 Å². The van der Waals surface area contributed by atoms with Crippen LogP contribution in [0.2, 0.25) is 0 Å². The molecule has 3 aromatic heterocycles. The number of aromatic nitrogens is 5. The molecule has 3 heterocycles. The summed E-state index contributed by atoms with van der Waals surface area (Å²) in [6, 6.07) is 11.5. The fourth-order valence-corrected chi connectivity index (χ4v) is 3.29. The highest BCUT2D eigenvalue weighted by atomic mass is 16.4. The Labute approximate surface area is 204 Å². The lowest BCUT2D eigenvalue weighted by Gasteiger charge is -2.17. The zero-order chi connectivity index (χ0) is 25.0. The Morgan fingerprint density at radius 3 is 2.51 bits per heavy atom. The van der Waals surface area contributed by atoms with Gasteiger partial charge in [-0.3, -0.25) is 4.98 Å². The average molecular weight is 469 g/mol. The first-order valence-electron chi connectivity index (χ1n) is 11.2. The Kier molecular flexibility index (Phi) is 6.75. The predicted octanol–water partition coefficient (Wildman–Crippen LogP) is 3.72. The van der Waals surface area contributed by atoms with E-state index in [1.807, 2.05) is 64.3 Å². The zero-order valence-electron chi connectivity index (χ0n) is 20.3. The van der Waals surface area contributed by atoms with E-state index in [2.05, 4.69) is 41.3 Å².